The molecule has 2 aromatic heterocycles. The number of aromatic nitrogens is 2. The summed E-state index contributed by atoms with van der Waals surface area (Å²) in [6, 6.07) is 24.4. The third-order valence-electron chi connectivity index (χ3n) is 11.2. The van der Waals surface area contributed by atoms with Gasteiger partial charge in [-0.05, 0) is 135 Å². The first kappa shape index (κ1) is 49.2. The van der Waals surface area contributed by atoms with Crippen LogP contribution in [0.3, 0.4) is 0 Å². The molecule has 2 saturated heterocycles. The summed E-state index contributed by atoms with van der Waals surface area (Å²) in [6.07, 6.45) is 8.80. The van der Waals surface area contributed by atoms with E-state index in [1.807, 2.05) is 36.4 Å². The molecule has 4 aliphatic heterocycles. The lowest BCUT2D eigenvalue weighted by Crippen LogP contribution is -2.44. The first-order valence-corrected chi connectivity index (χ1v) is 26.9. The van der Waals surface area contributed by atoms with Crippen LogP contribution in [0.1, 0.15) is 44.2 Å². The van der Waals surface area contributed by atoms with Crippen LogP contribution < -0.4 is 29.5 Å². The molecule has 0 unspecified atom stereocenters. The number of hydrogen-bond acceptors (Lipinski definition) is 12. The van der Waals surface area contributed by atoms with Crippen LogP contribution in [0.4, 0.5) is 27.3 Å². The smallest absolute Gasteiger partial charge is 0.263 e. The van der Waals surface area contributed by atoms with Gasteiger partial charge in [-0.25, -0.2) is 26.8 Å². The Hall–Kier alpha value is -4.76. The maximum atomic E-state index is 13.3. The van der Waals surface area contributed by atoms with Gasteiger partial charge in [-0.3, -0.25) is 19.0 Å². The van der Waals surface area contributed by atoms with Gasteiger partial charge in [0.15, 0.2) is 10.3 Å². The maximum Gasteiger partial charge on any atom is 0.263 e. The number of benzene rings is 4. The van der Waals surface area contributed by atoms with Crippen molar-refractivity contribution in [3.05, 3.63) is 134 Å². The van der Waals surface area contributed by atoms with E-state index in [4.69, 9.17) is 23.2 Å². The van der Waals surface area contributed by atoms with E-state index in [9.17, 15) is 26.4 Å². The van der Waals surface area contributed by atoms with Crippen molar-refractivity contribution in [1.29, 1.82) is 0 Å². The highest BCUT2D eigenvalue weighted by atomic mass is 79.9. The molecule has 66 heavy (non-hydrogen) atoms. The highest BCUT2D eigenvalue weighted by Gasteiger charge is 2.38. The Labute approximate surface area is 411 Å². The second kappa shape index (κ2) is 21.5. The molecule has 10 rings (SSSR count). The quantitative estimate of drug-likeness (QED) is 0.127. The van der Waals surface area contributed by atoms with E-state index in [0.717, 1.165) is 66.9 Å². The van der Waals surface area contributed by atoms with Crippen molar-refractivity contribution in [1.82, 2.24) is 15.3 Å². The zero-order valence-electron chi connectivity index (χ0n) is 34.6. The van der Waals surface area contributed by atoms with Gasteiger partial charge < -0.3 is 20.0 Å². The fourth-order valence-electron chi connectivity index (χ4n) is 8.24. The van der Waals surface area contributed by atoms with E-state index in [0.29, 0.717) is 33.9 Å². The molecule has 2 fully saturated rings. The molecular weight excluding hydrogens is 1030 g/mol. The van der Waals surface area contributed by atoms with E-state index in [-0.39, 0.29) is 41.1 Å². The summed E-state index contributed by atoms with van der Waals surface area (Å²) in [7, 11) is -7.25. The normalized spacial score (nSPS) is 17.8. The van der Waals surface area contributed by atoms with Crippen LogP contribution in [0, 0.1) is 0 Å². The largest absolute Gasteiger partial charge is 0.359 e. The summed E-state index contributed by atoms with van der Waals surface area (Å²) >= 11 is 17.9. The first-order valence-electron chi connectivity index (χ1n) is 20.7. The number of aryl methyl sites for hydroxylation is 2. The molecule has 14 nitrogen and oxygen atoms in total. The van der Waals surface area contributed by atoms with E-state index < -0.39 is 20.0 Å². The number of carbonyl (C=O) groups excluding carboxylic acids is 2. The van der Waals surface area contributed by atoms with Gasteiger partial charge in [0.1, 0.15) is 12.1 Å². The summed E-state index contributed by atoms with van der Waals surface area (Å²) < 4.78 is 54.5. The number of nitrogens with zero attached hydrogens (tertiary/aromatic N) is 5. The number of sulfonamides is 2. The van der Waals surface area contributed by atoms with Crippen LogP contribution in [0.5, 0.6) is 0 Å². The molecule has 0 spiro atoms. The van der Waals surface area contributed by atoms with Crippen molar-refractivity contribution in [2.45, 2.75) is 67.8 Å². The van der Waals surface area contributed by atoms with E-state index in [2.05, 4.69) is 50.5 Å². The molecule has 0 aliphatic carbocycles. The number of hydrogen-bond donors (Lipinski definition) is 3. The Morgan fingerprint density at radius 3 is 1.64 bits per heavy atom. The van der Waals surface area contributed by atoms with Gasteiger partial charge in [-0.15, -0.1) is 22.7 Å². The lowest BCUT2D eigenvalue weighted by atomic mass is 9.99. The Morgan fingerprint density at radius 1 is 0.667 bits per heavy atom. The monoisotopic (exact) mass is 1070 g/mol. The minimum Gasteiger partial charge on any atom is -0.359 e. The van der Waals surface area contributed by atoms with Gasteiger partial charge in [-0.1, -0.05) is 46.6 Å². The Kier molecular flexibility index (Phi) is 16.0. The minimum atomic E-state index is -3.73. The molecule has 0 saturated carbocycles. The maximum absolute atomic E-state index is 13.3. The van der Waals surface area contributed by atoms with Gasteiger partial charge in [-0.2, -0.15) is 0 Å². The summed E-state index contributed by atoms with van der Waals surface area (Å²) in [6.45, 7) is 3.18. The molecular formula is C45H47BrCl2N8O6S4. The average Bonchev–Trinajstić information content (AvgIpc) is 4.14. The van der Waals surface area contributed by atoms with Crippen LogP contribution in [0.15, 0.2) is 122 Å². The lowest BCUT2D eigenvalue weighted by Gasteiger charge is -2.35. The highest BCUT2D eigenvalue weighted by molar-refractivity contribution is 9.10. The van der Waals surface area contributed by atoms with Gasteiger partial charge in [0.2, 0.25) is 11.8 Å². The summed E-state index contributed by atoms with van der Waals surface area (Å²) in [5.74, 6) is 0.192. The van der Waals surface area contributed by atoms with Gasteiger partial charge in [0.05, 0.1) is 9.79 Å². The third-order valence-corrected chi connectivity index (χ3v) is 16.6. The molecule has 2 atom stereocenters. The van der Waals surface area contributed by atoms with Gasteiger partial charge in [0, 0.05) is 80.9 Å². The number of amides is 2. The molecule has 348 valence electrons. The number of fused-ring (bicyclic) bond motifs is 2. The summed E-state index contributed by atoms with van der Waals surface area (Å²) in [5, 5.41) is 8.48. The first-order chi connectivity index (χ1) is 31.3. The average molecular weight is 1070 g/mol. The molecule has 3 N–H and O–H groups in total. The van der Waals surface area contributed by atoms with Crippen molar-refractivity contribution in [2.75, 3.05) is 50.3 Å². The van der Waals surface area contributed by atoms with Crippen LogP contribution in [0.2, 0.25) is 10.0 Å². The molecule has 21 heteroatoms. The molecule has 6 heterocycles. The topological polar surface area (TPSA) is 174 Å². The molecule has 4 aromatic carbocycles. The predicted octanol–water partition coefficient (Wildman–Crippen LogP) is 9.48. The number of rotatable bonds is 9. The van der Waals surface area contributed by atoms with Crippen LogP contribution in [0.25, 0.3) is 0 Å². The highest BCUT2D eigenvalue weighted by Crippen LogP contribution is 2.36. The fourth-order valence-corrected chi connectivity index (χ4v) is 12.5. The second-order valence-electron chi connectivity index (χ2n) is 15.4. The Bertz CT molecular complexity index is 2860. The molecule has 2 amide bonds. The van der Waals surface area contributed by atoms with Crippen molar-refractivity contribution in [3.63, 3.8) is 0 Å². The number of nitrogens with one attached hydrogen (secondary N) is 3. The van der Waals surface area contributed by atoms with Crippen LogP contribution in [-0.2, 0) is 42.5 Å². The lowest BCUT2D eigenvalue weighted by molar-refractivity contribution is -0.120. The number of carbonyl (C=O) groups is 2. The van der Waals surface area contributed by atoms with E-state index in [1.165, 1.54) is 70.0 Å². The summed E-state index contributed by atoms with van der Waals surface area (Å²) in [4.78, 5) is 39.4. The zero-order valence-corrected chi connectivity index (χ0v) is 40.9. The zero-order chi connectivity index (χ0) is 45.7. The summed E-state index contributed by atoms with van der Waals surface area (Å²) in [5.41, 5.74) is 5.40. The number of thiazole rings is 2. The molecule has 4 aliphatic rings. The minimum absolute atomic E-state index is 0. The van der Waals surface area contributed by atoms with Crippen molar-refractivity contribution in [2.24, 2.45) is 0 Å². The van der Waals surface area contributed by atoms with Crippen molar-refractivity contribution >= 4 is 121 Å². The number of halogens is 3. The standard InChI is InChI=1S/C22H21ClN4O3S2.C13H15ClN2O.C9H7BrN2O2S2.CH4/c23-16-3-8-19-15(14-16)2-1-11-27(19)20-9-12-26(21(20)28)17-4-6-18(7-5-17)32(29,30)25-22-24-10-13-31-22;14-10-3-4-11-9(8-10)2-1-7-16(11)12-5-6-15-13(12)17;10-7-1-3-8(4-2-7)16(13,14)12-9-11-5-6-15-9;/h3-8,10,13-14,20H,1-2,9,11-12H2,(H,24,25);3-4,8,12H,1-2,5-7H2,(H,15,17);1-6H,(H,11,12);1H4/t20-;12-;;/m11../s1. The van der Waals surface area contributed by atoms with Crippen molar-refractivity contribution in [3.8, 4) is 0 Å². The Morgan fingerprint density at radius 2 is 1.17 bits per heavy atom. The van der Waals surface area contributed by atoms with E-state index in [1.54, 1.807) is 46.1 Å². The van der Waals surface area contributed by atoms with Crippen LogP contribution >= 0.6 is 61.8 Å². The molecule has 0 radical (unpaired) electrons. The predicted molar refractivity (Wildman–Crippen MR) is 270 cm³/mol. The van der Waals surface area contributed by atoms with Crippen molar-refractivity contribution < 1.29 is 26.4 Å². The van der Waals surface area contributed by atoms with Gasteiger partial charge in [0.25, 0.3) is 20.0 Å². The van der Waals surface area contributed by atoms with Crippen LogP contribution in [-0.4, -0.2) is 76.9 Å². The Balaban J connectivity index is 0.000000161. The fraction of sp³-hybridized carbons (Fsp3) is 0.289. The molecule has 6 aromatic rings. The third kappa shape index (κ3) is 11.5. The molecule has 0 bridgehead atoms. The van der Waals surface area contributed by atoms with E-state index >= 15 is 0 Å². The second-order valence-corrected chi connectivity index (χ2v) is 22.3. The number of anilines is 5. The SMILES string of the molecule is C.O=C1NCC[C@H]1N1CCCc2cc(Cl)ccc21.O=C1[C@H](N2CCCc3cc(Cl)ccc32)CCN1c1ccc(S(=O)(=O)Nc2nccs2)cc1.O=S(=O)(Nc1nccs1)c1ccc(Br)cc1. The van der Waals surface area contributed by atoms with Gasteiger partial charge >= 0.3 is 0 Å².